The van der Waals surface area contributed by atoms with Crippen LogP contribution in [0.25, 0.3) is 0 Å². The van der Waals surface area contributed by atoms with Gasteiger partial charge in [-0.25, -0.2) is 4.79 Å². The molecule has 0 aromatic heterocycles. The molecular formula is C11H11BrO3. The lowest BCUT2D eigenvalue weighted by atomic mass is 10.1. The zero-order chi connectivity index (χ0) is 11.3. The van der Waals surface area contributed by atoms with Crippen molar-refractivity contribution in [3.63, 3.8) is 0 Å². The average molecular weight is 271 g/mol. The summed E-state index contributed by atoms with van der Waals surface area (Å²) in [6.07, 6.45) is 2.39. The highest BCUT2D eigenvalue weighted by molar-refractivity contribution is 9.10. The quantitative estimate of drug-likeness (QED) is 0.837. The summed E-state index contributed by atoms with van der Waals surface area (Å²) in [7, 11) is 0. The summed E-state index contributed by atoms with van der Waals surface area (Å²) in [5, 5.41) is 8.50. The van der Waals surface area contributed by atoms with E-state index in [1.54, 1.807) is 12.1 Å². The van der Waals surface area contributed by atoms with Crippen molar-refractivity contribution in [3.8, 4) is 5.75 Å². The molecule has 15 heavy (non-hydrogen) atoms. The van der Waals surface area contributed by atoms with Crippen molar-refractivity contribution in [1.82, 2.24) is 0 Å². The van der Waals surface area contributed by atoms with E-state index in [0.717, 1.165) is 10.0 Å². The molecule has 0 aliphatic carbocycles. The van der Waals surface area contributed by atoms with E-state index in [9.17, 15) is 4.79 Å². The molecule has 1 aromatic rings. The average Bonchev–Trinajstić information content (AvgIpc) is 2.17. The van der Waals surface area contributed by atoms with Gasteiger partial charge in [-0.15, -0.1) is 6.58 Å². The van der Waals surface area contributed by atoms with E-state index in [0.29, 0.717) is 12.2 Å². The molecular weight excluding hydrogens is 260 g/mol. The van der Waals surface area contributed by atoms with Gasteiger partial charge in [0.25, 0.3) is 0 Å². The Bertz CT molecular complexity index is 374. The van der Waals surface area contributed by atoms with E-state index in [-0.39, 0.29) is 6.61 Å². The molecule has 0 saturated heterocycles. The van der Waals surface area contributed by atoms with Crippen LogP contribution < -0.4 is 4.74 Å². The molecule has 0 bridgehead atoms. The van der Waals surface area contributed by atoms with Gasteiger partial charge in [0, 0.05) is 4.47 Å². The molecule has 80 valence electrons. The molecule has 0 aliphatic rings. The lowest BCUT2D eigenvalue weighted by Gasteiger charge is -2.08. The van der Waals surface area contributed by atoms with E-state index in [1.165, 1.54) is 0 Å². The van der Waals surface area contributed by atoms with Gasteiger partial charge in [0.05, 0.1) is 0 Å². The fourth-order valence-electron chi connectivity index (χ4n) is 1.14. The predicted octanol–water partition coefficient (Wildman–Crippen LogP) is 2.64. The summed E-state index contributed by atoms with van der Waals surface area (Å²) < 4.78 is 6.07. The smallest absolute Gasteiger partial charge is 0.341 e. The minimum absolute atomic E-state index is 0.328. The Hall–Kier alpha value is -1.29. The Morgan fingerprint density at radius 2 is 2.33 bits per heavy atom. The Balaban J connectivity index is 2.84. The van der Waals surface area contributed by atoms with Gasteiger partial charge >= 0.3 is 5.97 Å². The van der Waals surface area contributed by atoms with Gasteiger partial charge in [-0.05, 0) is 30.2 Å². The second kappa shape index (κ2) is 5.56. The Kier molecular flexibility index (Phi) is 4.37. The first-order valence-corrected chi connectivity index (χ1v) is 5.16. The molecule has 0 saturated carbocycles. The van der Waals surface area contributed by atoms with E-state index < -0.39 is 5.97 Å². The van der Waals surface area contributed by atoms with Gasteiger partial charge in [-0.2, -0.15) is 0 Å². The first-order valence-electron chi connectivity index (χ1n) is 4.37. The molecule has 4 heteroatoms. The number of ether oxygens (including phenoxy) is 1. The van der Waals surface area contributed by atoms with Crippen LogP contribution in [0.3, 0.4) is 0 Å². The summed E-state index contributed by atoms with van der Waals surface area (Å²) in [6, 6.07) is 5.44. The third kappa shape index (κ3) is 3.75. The van der Waals surface area contributed by atoms with Gasteiger partial charge in [0.15, 0.2) is 6.61 Å². The lowest BCUT2D eigenvalue weighted by molar-refractivity contribution is -0.139. The third-order valence-corrected chi connectivity index (χ3v) is 2.23. The van der Waals surface area contributed by atoms with E-state index in [4.69, 9.17) is 9.84 Å². The first kappa shape index (κ1) is 11.8. The number of carbonyl (C=O) groups is 1. The van der Waals surface area contributed by atoms with E-state index in [2.05, 4.69) is 22.5 Å². The first-order chi connectivity index (χ1) is 7.13. The Morgan fingerprint density at radius 3 is 2.93 bits per heavy atom. The zero-order valence-corrected chi connectivity index (χ0v) is 9.66. The largest absolute Gasteiger partial charge is 0.482 e. The number of benzene rings is 1. The van der Waals surface area contributed by atoms with E-state index in [1.807, 2.05) is 12.1 Å². The molecule has 0 atom stereocenters. The standard InChI is InChI=1S/C11H11BrO3/c1-2-3-8-6-9(12)4-5-10(8)15-7-11(13)14/h2,4-6H,1,3,7H2,(H,13,14). The highest BCUT2D eigenvalue weighted by Gasteiger charge is 2.05. The Morgan fingerprint density at radius 1 is 1.60 bits per heavy atom. The molecule has 3 nitrogen and oxygen atoms in total. The summed E-state index contributed by atoms with van der Waals surface area (Å²) in [5.74, 6) is -0.400. The lowest BCUT2D eigenvalue weighted by Crippen LogP contribution is -2.10. The number of aliphatic carboxylic acids is 1. The summed E-state index contributed by atoms with van der Waals surface area (Å²) >= 11 is 3.34. The van der Waals surface area contributed by atoms with Crippen LogP contribution in [0.4, 0.5) is 0 Å². The maximum absolute atomic E-state index is 10.4. The number of hydrogen-bond acceptors (Lipinski definition) is 2. The van der Waals surface area contributed by atoms with Gasteiger partial charge in [-0.1, -0.05) is 22.0 Å². The van der Waals surface area contributed by atoms with Crippen molar-refractivity contribution < 1.29 is 14.6 Å². The predicted molar refractivity (Wildman–Crippen MR) is 61.2 cm³/mol. The topological polar surface area (TPSA) is 46.5 Å². The monoisotopic (exact) mass is 270 g/mol. The van der Waals surface area contributed by atoms with Crippen molar-refractivity contribution in [2.45, 2.75) is 6.42 Å². The molecule has 1 aromatic carbocycles. The summed E-state index contributed by atoms with van der Waals surface area (Å²) in [5.41, 5.74) is 0.917. The fourth-order valence-corrected chi connectivity index (χ4v) is 1.55. The minimum Gasteiger partial charge on any atom is -0.482 e. The maximum atomic E-state index is 10.4. The molecule has 0 fully saturated rings. The molecule has 0 heterocycles. The molecule has 0 radical (unpaired) electrons. The number of halogens is 1. The summed E-state index contributed by atoms with van der Waals surface area (Å²) in [4.78, 5) is 10.4. The molecule has 0 spiro atoms. The molecule has 1 rings (SSSR count). The number of carboxylic acids is 1. The summed E-state index contributed by atoms with van der Waals surface area (Å²) in [6.45, 7) is 3.31. The van der Waals surface area contributed by atoms with Gasteiger partial charge in [-0.3, -0.25) is 0 Å². The van der Waals surface area contributed by atoms with Gasteiger partial charge < -0.3 is 9.84 Å². The highest BCUT2D eigenvalue weighted by atomic mass is 79.9. The molecule has 0 unspecified atom stereocenters. The second-order valence-corrected chi connectivity index (χ2v) is 3.84. The fraction of sp³-hybridized carbons (Fsp3) is 0.182. The van der Waals surface area contributed by atoms with Crippen molar-refractivity contribution >= 4 is 21.9 Å². The van der Waals surface area contributed by atoms with Crippen LogP contribution in [0.5, 0.6) is 5.75 Å². The van der Waals surface area contributed by atoms with Crippen molar-refractivity contribution in [2.75, 3.05) is 6.61 Å². The van der Waals surface area contributed by atoms with E-state index >= 15 is 0 Å². The number of hydrogen-bond donors (Lipinski definition) is 1. The van der Waals surface area contributed by atoms with Gasteiger partial charge in [0.2, 0.25) is 0 Å². The SMILES string of the molecule is C=CCc1cc(Br)ccc1OCC(=O)O. The minimum atomic E-state index is -0.984. The van der Waals surface area contributed by atoms with Crippen molar-refractivity contribution in [1.29, 1.82) is 0 Å². The van der Waals surface area contributed by atoms with Crippen LogP contribution in [0.2, 0.25) is 0 Å². The number of carboxylic acid groups (broad SMARTS) is 1. The van der Waals surface area contributed by atoms with Crippen LogP contribution in [-0.2, 0) is 11.2 Å². The molecule has 0 amide bonds. The number of allylic oxidation sites excluding steroid dienone is 1. The van der Waals surface area contributed by atoms with Crippen LogP contribution in [-0.4, -0.2) is 17.7 Å². The molecule has 1 N–H and O–H groups in total. The number of rotatable bonds is 5. The van der Waals surface area contributed by atoms with Crippen LogP contribution >= 0.6 is 15.9 Å². The second-order valence-electron chi connectivity index (χ2n) is 2.93. The van der Waals surface area contributed by atoms with Crippen LogP contribution in [0.15, 0.2) is 35.3 Å². The Labute approximate surface area is 96.5 Å². The maximum Gasteiger partial charge on any atom is 0.341 e. The van der Waals surface area contributed by atoms with Crippen LogP contribution in [0, 0.1) is 0 Å². The van der Waals surface area contributed by atoms with Crippen LogP contribution in [0.1, 0.15) is 5.56 Å². The van der Waals surface area contributed by atoms with Crippen molar-refractivity contribution in [3.05, 3.63) is 40.9 Å². The van der Waals surface area contributed by atoms with Crippen molar-refractivity contribution in [2.24, 2.45) is 0 Å². The zero-order valence-electron chi connectivity index (χ0n) is 8.07. The molecule has 0 aliphatic heterocycles. The normalized spacial score (nSPS) is 9.67. The van der Waals surface area contributed by atoms with Gasteiger partial charge in [0.1, 0.15) is 5.75 Å². The third-order valence-electron chi connectivity index (χ3n) is 1.74. The highest BCUT2D eigenvalue weighted by Crippen LogP contribution is 2.23.